The van der Waals surface area contributed by atoms with E-state index in [0.29, 0.717) is 6.42 Å². The van der Waals surface area contributed by atoms with Gasteiger partial charge >= 0.3 is 0 Å². The highest BCUT2D eigenvalue weighted by atomic mass is 16.6. The molecule has 0 aromatic heterocycles. The lowest BCUT2D eigenvalue weighted by atomic mass is 10.1. The highest BCUT2D eigenvalue weighted by Gasteiger charge is 2.19. The molecule has 0 radical (unpaired) electrons. The number of aliphatic hydroxyl groups excluding tert-OH is 1. The Morgan fingerprint density at radius 3 is 2.31 bits per heavy atom. The van der Waals surface area contributed by atoms with Gasteiger partial charge in [0.1, 0.15) is 0 Å². The van der Waals surface area contributed by atoms with E-state index in [9.17, 15) is 5.11 Å². The smallest absolute Gasteiger partial charge is 0.156 e. The first-order valence-corrected chi connectivity index (χ1v) is 4.88. The van der Waals surface area contributed by atoms with E-state index < -0.39 is 6.29 Å². The number of aliphatic hydroxyl groups is 1. The third-order valence-corrected chi connectivity index (χ3v) is 2.13. The van der Waals surface area contributed by atoms with Crippen molar-refractivity contribution in [2.75, 3.05) is 20.6 Å². The molecule has 13 heavy (non-hydrogen) atoms. The molecule has 0 amide bonds. The number of hydrogen-bond donors (Lipinski definition) is 1. The maximum atomic E-state index is 9.52. The molecule has 0 aliphatic rings. The zero-order valence-electron chi connectivity index (χ0n) is 9.50. The van der Waals surface area contributed by atoms with Gasteiger partial charge in [-0.1, -0.05) is 6.92 Å². The standard InChI is InChI=1S/C10H23NO2/c1-6-10(2,3)13-9(12)7-8-11(4)5/h9,12H,6-8H2,1-5H3. The molecule has 0 bridgehead atoms. The van der Waals surface area contributed by atoms with Gasteiger partial charge in [-0.25, -0.2) is 0 Å². The maximum Gasteiger partial charge on any atom is 0.156 e. The van der Waals surface area contributed by atoms with Crippen LogP contribution in [-0.4, -0.2) is 42.5 Å². The molecule has 1 unspecified atom stereocenters. The summed E-state index contributed by atoms with van der Waals surface area (Å²) in [5.74, 6) is 0. The van der Waals surface area contributed by atoms with Crippen LogP contribution in [0.2, 0.25) is 0 Å². The van der Waals surface area contributed by atoms with E-state index in [4.69, 9.17) is 4.74 Å². The fourth-order valence-corrected chi connectivity index (χ4v) is 0.879. The Bertz CT molecular complexity index is 135. The first kappa shape index (κ1) is 12.9. The van der Waals surface area contributed by atoms with Gasteiger partial charge in [-0.3, -0.25) is 0 Å². The van der Waals surface area contributed by atoms with Crippen LogP contribution in [0.3, 0.4) is 0 Å². The van der Waals surface area contributed by atoms with Crippen molar-refractivity contribution < 1.29 is 9.84 Å². The summed E-state index contributed by atoms with van der Waals surface area (Å²) in [4.78, 5) is 2.03. The van der Waals surface area contributed by atoms with Crippen LogP contribution in [0.25, 0.3) is 0 Å². The molecule has 0 saturated heterocycles. The SMILES string of the molecule is CCC(C)(C)OC(O)CCN(C)C. The van der Waals surface area contributed by atoms with Crippen molar-refractivity contribution in [2.24, 2.45) is 0 Å². The molecule has 1 N–H and O–H groups in total. The molecule has 3 nitrogen and oxygen atoms in total. The predicted molar refractivity (Wildman–Crippen MR) is 54.6 cm³/mol. The lowest BCUT2D eigenvalue weighted by Crippen LogP contribution is -2.31. The molecule has 0 spiro atoms. The summed E-state index contributed by atoms with van der Waals surface area (Å²) in [6.07, 6.45) is 0.931. The average Bonchev–Trinajstić information content (AvgIpc) is 2.00. The van der Waals surface area contributed by atoms with Gasteiger partial charge in [0.15, 0.2) is 6.29 Å². The van der Waals surface area contributed by atoms with E-state index >= 15 is 0 Å². The van der Waals surface area contributed by atoms with Crippen LogP contribution >= 0.6 is 0 Å². The van der Waals surface area contributed by atoms with Crippen molar-refractivity contribution in [2.45, 2.75) is 45.5 Å². The predicted octanol–water partition coefficient (Wildman–Crippen LogP) is 1.46. The Labute approximate surface area is 81.7 Å². The molecule has 0 rings (SSSR count). The molecule has 0 heterocycles. The van der Waals surface area contributed by atoms with Crippen molar-refractivity contribution in [1.82, 2.24) is 4.90 Å². The summed E-state index contributed by atoms with van der Waals surface area (Å²) in [7, 11) is 3.97. The number of ether oxygens (including phenoxy) is 1. The third kappa shape index (κ3) is 6.99. The molecule has 1 atom stereocenters. The zero-order chi connectivity index (χ0) is 10.5. The summed E-state index contributed by atoms with van der Waals surface area (Å²) < 4.78 is 5.47. The Hall–Kier alpha value is -0.120. The van der Waals surface area contributed by atoms with Crippen molar-refractivity contribution in [3.05, 3.63) is 0 Å². The molecule has 0 fully saturated rings. The molecule has 3 heteroatoms. The van der Waals surface area contributed by atoms with Gasteiger partial charge in [0.25, 0.3) is 0 Å². The van der Waals surface area contributed by atoms with Gasteiger partial charge in [-0.2, -0.15) is 0 Å². The molecular weight excluding hydrogens is 166 g/mol. The molecule has 80 valence electrons. The molecule has 0 saturated carbocycles. The number of hydrogen-bond acceptors (Lipinski definition) is 3. The van der Waals surface area contributed by atoms with Gasteiger partial charge in [0.05, 0.1) is 5.60 Å². The van der Waals surface area contributed by atoms with Crippen LogP contribution < -0.4 is 0 Å². The Kier molecular flexibility index (Phi) is 5.53. The Morgan fingerprint density at radius 2 is 1.92 bits per heavy atom. The zero-order valence-corrected chi connectivity index (χ0v) is 9.50. The van der Waals surface area contributed by atoms with Gasteiger partial charge in [0, 0.05) is 13.0 Å². The van der Waals surface area contributed by atoms with Crippen LogP contribution in [-0.2, 0) is 4.74 Å². The van der Waals surface area contributed by atoms with Gasteiger partial charge < -0.3 is 14.7 Å². The summed E-state index contributed by atoms with van der Waals surface area (Å²) in [6, 6.07) is 0. The van der Waals surface area contributed by atoms with Gasteiger partial charge in [-0.15, -0.1) is 0 Å². The average molecular weight is 189 g/mol. The second-order valence-corrected chi connectivity index (χ2v) is 4.28. The minimum absolute atomic E-state index is 0.217. The number of rotatable bonds is 6. The Balaban J connectivity index is 3.67. The molecule has 0 aliphatic carbocycles. The van der Waals surface area contributed by atoms with E-state index in [2.05, 4.69) is 6.92 Å². The first-order chi connectivity index (χ1) is 5.87. The molecular formula is C10H23NO2. The largest absolute Gasteiger partial charge is 0.368 e. The summed E-state index contributed by atoms with van der Waals surface area (Å²) >= 11 is 0. The van der Waals surface area contributed by atoms with Crippen molar-refractivity contribution in [3.8, 4) is 0 Å². The van der Waals surface area contributed by atoms with Crippen LogP contribution in [0.4, 0.5) is 0 Å². The van der Waals surface area contributed by atoms with E-state index in [1.165, 1.54) is 0 Å². The van der Waals surface area contributed by atoms with E-state index in [-0.39, 0.29) is 5.60 Å². The molecule has 0 aliphatic heterocycles. The van der Waals surface area contributed by atoms with E-state index in [1.54, 1.807) is 0 Å². The summed E-state index contributed by atoms with van der Waals surface area (Å²) in [5, 5.41) is 9.52. The minimum atomic E-state index is -0.641. The highest BCUT2D eigenvalue weighted by Crippen LogP contribution is 2.16. The van der Waals surface area contributed by atoms with E-state index in [0.717, 1.165) is 13.0 Å². The quantitative estimate of drug-likeness (QED) is 0.642. The van der Waals surface area contributed by atoms with Crippen molar-refractivity contribution in [3.63, 3.8) is 0 Å². The topological polar surface area (TPSA) is 32.7 Å². The monoisotopic (exact) mass is 189 g/mol. The van der Waals surface area contributed by atoms with Crippen LogP contribution in [0.1, 0.15) is 33.6 Å². The Morgan fingerprint density at radius 1 is 1.38 bits per heavy atom. The lowest BCUT2D eigenvalue weighted by Gasteiger charge is -2.27. The van der Waals surface area contributed by atoms with Crippen molar-refractivity contribution in [1.29, 1.82) is 0 Å². The minimum Gasteiger partial charge on any atom is -0.368 e. The fourth-order valence-electron chi connectivity index (χ4n) is 0.879. The normalized spacial score (nSPS) is 15.0. The summed E-state index contributed by atoms with van der Waals surface area (Å²) in [5.41, 5.74) is -0.217. The van der Waals surface area contributed by atoms with Gasteiger partial charge in [0.2, 0.25) is 0 Å². The van der Waals surface area contributed by atoms with Gasteiger partial charge in [-0.05, 0) is 34.4 Å². The van der Waals surface area contributed by atoms with Crippen LogP contribution in [0, 0.1) is 0 Å². The fraction of sp³-hybridized carbons (Fsp3) is 1.00. The highest BCUT2D eigenvalue weighted by molar-refractivity contribution is 4.66. The van der Waals surface area contributed by atoms with Crippen LogP contribution in [0.15, 0.2) is 0 Å². The third-order valence-electron chi connectivity index (χ3n) is 2.13. The molecule has 0 aromatic carbocycles. The lowest BCUT2D eigenvalue weighted by molar-refractivity contribution is -0.176. The molecule has 0 aromatic rings. The van der Waals surface area contributed by atoms with Crippen molar-refractivity contribution >= 4 is 0 Å². The first-order valence-electron chi connectivity index (χ1n) is 4.88. The maximum absolute atomic E-state index is 9.52. The summed E-state index contributed by atoms with van der Waals surface area (Å²) in [6.45, 7) is 6.89. The second-order valence-electron chi connectivity index (χ2n) is 4.28. The second kappa shape index (κ2) is 5.58. The number of nitrogens with zero attached hydrogens (tertiary/aromatic N) is 1. The van der Waals surface area contributed by atoms with E-state index in [1.807, 2.05) is 32.8 Å². The van der Waals surface area contributed by atoms with Crippen LogP contribution in [0.5, 0.6) is 0 Å².